The van der Waals surface area contributed by atoms with Crippen molar-refractivity contribution in [2.45, 2.75) is 25.8 Å². The summed E-state index contributed by atoms with van der Waals surface area (Å²) in [5.41, 5.74) is 2.70. The monoisotopic (exact) mass is 498 g/mol. The molecular formula is C27H35ClN4O3. The Morgan fingerprint density at radius 2 is 1.74 bits per heavy atom. The van der Waals surface area contributed by atoms with Crippen molar-refractivity contribution < 1.29 is 14.3 Å². The summed E-state index contributed by atoms with van der Waals surface area (Å²) < 4.78 is 5.36. The number of amides is 2. The normalized spacial score (nSPS) is 17.9. The molecule has 8 heteroatoms. The standard InChI is InChI=1S/C27H35ClN4O3/c1-20-9-10-21(17-25(20)35-2)27(34)32-15-13-30(14-16-32)19-26(33)29-18-24(31-11-5-6-12-31)22-7-3-4-8-23(22)28/h3-4,7-10,17,24H,5-6,11-16,18-19H2,1-2H3,(H,29,33). The fraction of sp³-hybridized carbons (Fsp3) is 0.481. The molecule has 188 valence electrons. The summed E-state index contributed by atoms with van der Waals surface area (Å²) >= 11 is 6.49. The summed E-state index contributed by atoms with van der Waals surface area (Å²) in [4.78, 5) is 32.1. The van der Waals surface area contributed by atoms with E-state index < -0.39 is 0 Å². The largest absolute Gasteiger partial charge is 0.496 e. The third-order valence-corrected chi connectivity index (χ3v) is 7.36. The van der Waals surface area contributed by atoms with Crippen molar-refractivity contribution in [3.8, 4) is 5.75 Å². The van der Waals surface area contributed by atoms with Crippen molar-refractivity contribution in [2.24, 2.45) is 0 Å². The molecule has 2 heterocycles. The highest BCUT2D eigenvalue weighted by Gasteiger charge is 2.27. The molecule has 0 saturated carbocycles. The zero-order valence-electron chi connectivity index (χ0n) is 20.6. The third-order valence-electron chi connectivity index (χ3n) is 7.02. The number of hydrogen-bond acceptors (Lipinski definition) is 5. The van der Waals surface area contributed by atoms with E-state index in [0.29, 0.717) is 44.8 Å². The van der Waals surface area contributed by atoms with E-state index in [2.05, 4.69) is 21.2 Å². The first-order valence-corrected chi connectivity index (χ1v) is 12.8. The number of benzene rings is 2. The van der Waals surface area contributed by atoms with Crippen LogP contribution in [0.4, 0.5) is 0 Å². The van der Waals surface area contributed by atoms with Crippen LogP contribution in [-0.4, -0.2) is 86.0 Å². The van der Waals surface area contributed by atoms with Gasteiger partial charge < -0.3 is 15.0 Å². The van der Waals surface area contributed by atoms with E-state index in [-0.39, 0.29) is 17.9 Å². The van der Waals surface area contributed by atoms with Crippen molar-refractivity contribution in [3.63, 3.8) is 0 Å². The van der Waals surface area contributed by atoms with Crippen molar-refractivity contribution in [1.29, 1.82) is 0 Å². The van der Waals surface area contributed by atoms with E-state index in [0.717, 1.165) is 35.0 Å². The fourth-order valence-corrected chi connectivity index (χ4v) is 5.21. The van der Waals surface area contributed by atoms with Gasteiger partial charge in [0.2, 0.25) is 5.91 Å². The van der Waals surface area contributed by atoms with Crippen LogP contribution >= 0.6 is 11.6 Å². The molecule has 4 rings (SSSR count). The molecule has 2 aliphatic heterocycles. The predicted molar refractivity (Wildman–Crippen MR) is 138 cm³/mol. The second-order valence-electron chi connectivity index (χ2n) is 9.34. The lowest BCUT2D eigenvalue weighted by Gasteiger charge is -2.34. The molecule has 0 radical (unpaired) electrons. The van der Waals surface area contributed by atoms with Gasteiger partial charge in [-0.3, -0.25) is 19.4 Å². The Bertz CT molecular complexity index is 1030. The van der Waals surface area contributed by atoms with Crippen LogP contribution in [0.2, 0.25) is 5.02 Å². The molecule has 0 aromatic heterocycles. The molecule has 35 heavy (non-hydrogen) atoms. The van der Waals surface area contributed by atoms with Gasteiger partial charge in [0.05, 0.1) is 19.7 Å². The lowest BCUT2D eigenvalue weighted by atomic mass is 10.1. The van der Waals surface area contributed by atoms with E-state index in [1.54, 1.807) is 13.2 Å². The summed E-state index contributed by atoms with van der Waals surface area (Å²) in [6, 6.07) is 13.5. The molecule has 2 aromatic carbocycles. The Hall–Kier alpha value is -2.61. The maximum Gasteiger partial charge on any atom is 0.254 e. The van der Waals surface area contributed by atoms with Crippen molar-refractivity contribution in [3.05, 3.63) is 64.2 Å². The summed E-state index contributed by atoms with van der Waals surface area (Å²) in [7, 11) is 1.61. The molecule has 0 bridgehead atoms. The topological polar surface area (TPSA) is 65.1 Å². The summed E-state index contributed by atoms with van der Waals surface area (Å²) in [6.07, 6.45) is 2.35. The fourth-order valence-electron chi connectivity index (χ4n) is 4.95. The predicted octanol–water partition coefficient (Wildman–Crippen LogP) is 3.37. The number of aryl methyl sites for hydroxylation is 1. The van der Waals surface area contributed by atoms with Gasteiger partial charge in [0.1, 0.15) is 5.75 Å². The van der Waals surface area contributed by atoms with Crippen LogP contribution in [-0.2, 0) is 4.79 Å². The highest BCUT2D eigenvalue weighted by atomic mass is 35.5. The van der Waals surface area contributed by atoms with Gasteiger partial charge in [0.25, 0.3) is 5.91 Å². The minimum atomic E-state index is 0.000552. The number of piperazine rings is 1. The Morgan fingerprint density at radius 3 is 2.43 bits per heavy atom. The zero-order valence-corrected chi connectivity index (χ0v) is 21.4. The van der Waals surface area contributed by atoms with Gasteiger partial charge in [0, 0.05) is 43.3 Å². The number of carbonyl (C=O) groups is 2. The van der Waals surface area contributed by atoms with Crippen LogP contribution in [0.25, 0.3) is 0 Å². The lowest BCUT2D eigenvalue weighted by Crippen LogP contribution is -2.51. The van der Waals surface area contributed by atoms with Crippen molar-refractivity contribution in [1.82, 2.24) is 20.0 Å². The SMILES string of the molecule is COc1cc(C(=O)N2CCN(CC(=O)NCC(c3ccccc3Cl)N3CCCC3)CC2)ccc1C. The Morgan fingerprint density at radius 1 is 1.03 bits per heavy atom. The van der Waals surface area contributed by atoms with E-state index in [1.165, 1.54) is 12.8 Å². The second-order valence-corrected chi connectivity index (χ2v) is 9.74. The molecule has 2 amide bonds. The number of methoxy groups -OCH3 is 1. The summed E-state index contributed by atoms with van der Waals surface area (Å²) in [5.74, 6) is 0.722. The van der Waals surface area contributed by atoms with Crippen molar-refractivity contribution in [2.75, 3.05) is 59.5 Å². The quantitative estimate of drug-likeness (QED) is 0.604. The number of hydrogen-bond donors (Lipinski definition) is 1. The second kappa shape index (κ2) is 11.9. The zero-order chi connectivity index (χ0) is 24.8. The summed E-state index contributed by atoms with van der Waals surface area (Å²) in [5, 5.41) is 3.88. The minimum Gasteiger partial charge on any atom is -0.496 e. The Labute approximate surface area is 213 Å². The van der Waals surface area contributed by atoms with Crippen LogP contribution < -0.4 is 10.1 Å². The van der Waals surface area contributed by atoms with Crippen LogP contribution in [0.15, 0.2) is 42.5 Å². The van der Waals surface area contributed by atoms with E-state index >= 15 is 0 Å². The Kier molecular flexibility index (Phi) is 8.65. The van der Waals surface area contributed by atoms with Crippen LogP contribution in [0.3, 0.4) is 0 Å². The van der Waals surface area contributed by atoms with Crippen molar-refractivity contribution >= 4 is 23.4 Å². The first-order valence-electron chi connectivity index (χ1n) is 12.4. The number of carbonyl (C=O) groups excluding carboxylic acids is 2. The number of rotatable bonds is 8. The summed E-state index contributed by atoms with van der Waals surface area (Å²) in [6.45, 7) is 7.40. The number of nitrogens with zero attached hydrogens (tertiary/aromatic N) is 3. The van der Waals surface area contributed by atoms with Crippen LogP contribution in [0.1, 0.15) is 40.4 Å². The molecule has 0 aliphatic carbocycles. The average Bonchev–Trinajstić information content (AvgIpc) is 3.40. The molecular weight excluding hydrogens is 464 g/mol. The third kappa shape index (κ3) is 6.34. The van der Waals surface area contributed by atoms with Gasteiger partial charge in [-0.15, -0.1) is 0 Å². The van der Waals surface area contributed by atoms with Gasteiger partial charge >= 0.3 is 0 Å². The van der Waals surface area contributed by atoms with Gasteiger partial charge in [-0.1, -0.05) is 35.9 Å². The highest BCUT2D eigenvalue weighted by molar-refractivity contribution is 6.31. The molecule has 1 atom stereocenters. The van der Waals surface area contributed by atoms with Gasteiger partial charge in [-0.05, 0) is 62.2 Å². The van der Waals surface area contributed by atoms with Gasteiger partial charge in [0.15, 0.2) is 0 Å². The number of likely N-dealkylation sites (tertiary alicyclic amines) is 1. The number of ether oxygens (including phenoxy) is 1. The molecule has 7 nitrogen and oxygen atoms in total. The molecule has 2 saturated heterocycles. The maximum absolute atomic E-state index is 12.9. The van der Waals surface area contributed by atoms with E-state index in [9.17, 15) is 9.59 Å². The number of halogens is 1. The van der Waals surface area contributed by atoms with Crippen LogP contribution in [0, 0.1) is 6.92 Å². The maximum atomic E-state index is 12.9. The first-order chi connectivity index (χ1) is 17.0. The van der Waals surface area contributed by atoms with Gasteiger partial charge in [-0.2, -0.15) is 0 Å². The molecule has 1 N–H and O–H groups in total. The molecule has 0 spiro atoms. The lowest BCUT2D eigenvalue weighted by molar-refractivity contribution is -0.122. The number of nitrogens with one attached hydrogen (secondary N) is 1. The highest BCUT2D eigenvalue weighted by Crippen LogP contribution is 2.29. The average molecular weight is 499 g/mol. The molecule has 2 aromatic rings. The van der Waals surface area contributed by atoms with E-state index in [1.807, 2.05) is 42.2 Å². The van der Waals surface area contributed by atoms with Crippen LogP contribution in [0.5, 0.6) is 5.75 Å². The minimum absolute atomic E-state index is 0.000552. The smallest absolute Gasteiger partial charge is 0.254 e. The molecule has 2 fully saturated rings. The molecule has 1 unspecified atom stereocenters. The van der Waals surface area contributed by atoms with Gasteiger partial charge in [-0.25, -0.2) is 0 Å². The first kappa shape index (κ1) is 25.5. The molecule has 2 aliphatic rings. The Balaban J connectivity index is 1.28. The van der Waals surface area contributed by atoms with E-state index in [4.69, 9.17) is 16.3 Å².